The molecule has 0 radical (unpaired) electrons. The minimum Gasteiger partial charge on any atom is -0.326 e. The van der Waals surface area contributed by atoms with Crippen LogP contribution in [0, 0.1) is 5.82 Å². The molecule has 1 N–H and O–H groups in total. The first kappa shape index (κ1) is 17.2. The Hall–Kier alpha value is -3.22. The van der Waals surface area contributed by atoms with Crippen molar-refractivity contribution in [3.63, 3.8) is 0 Å². The molecule has 0 saturated carbocycles. The molecule has 3 heterocycles. The Labute approximate surface area is 155 Å². The molecule has 0 aliphatic rings. The lowest BCUT2D eigenvalue weighted by atomic mass is 10.1. The van der Waals surface area contributed by atoms with Crippen LogP contribution in [0.4, 0.5) is 4.39 Å². The van der Waals surface area contributed by atoms with Gasteiger partial charge in [-0.15, -0.1) is 0 Å². The minimum absolute atomic E-state index is 0.140. The molecule has 4 aromatic rings. The maximum absolute atomic E-state index is 13.2. The third-order valence-electron chi connectivity index (χ3n) is 4.73. The average molecular weight is 365 g/mol. The van der Waals surface area contributed by atoms with Gasteiger partial charge < -0.3 is 4.57 Å². The number of hydrogen-bond donors (Lipinski definition) is 1. The zero-order chi connectivity index (χ0) is 19.1. The highest BCUT2D eigenvalue weighted by Crippen LogP contribution is 2.25. The second-order valence-corrected chi connectivity index (χ2v) is 6.90. The van der Waals surface area contributed by atoms with Gasteiger partial charge in [0.15, 0.2) is 5.65 Å². The van der Waals surface area contributed by atoms with Gasteiger partial charge in [0.2, 0.25) is 0 Å². The fourth-order valence-corrected chi connectivity index (χ4v) is 3.30. The highest BCUT2D eigenvalue weighted by molar-refractivity contribution is 5.76. The van der Waals surface area contributed by atoms with Crippen LogP contribution in [0.1, 0.15) is 44.2 Å². The highest BCUT2D eigenvalue weighted by Gasteiger charge is 2.18. The summed E-state index contributed by atoms with van der Waals surface area (Å²) in [5, 5.41) is 2.93. The van der Waals surface area contributed by atoms with E-state index in [9.17, 15) is 9.18 Å². The predicted octanol–water partition coefficient (Wildman–Crippen LogP) is 3.76. The molecular formula is C20H20FN5O. The van der Waals surface area contributed by atoms with Gasteiger partial charge in [0.05, 0.1) is 11.7 Å². The van der Waals surface area contributed by atoms with Crippen molar-refractivity contribution in [3.8, 4) is 11.1 Å². The van der Waals surface area contributed by atoms with E-state index in [-0.39, 0.29) is 23.3 Å². The van der Waals surface area contributed by atoms with E-state index in [0.717, 1.165) is 17.0 Å². The summed E-state index contributed by atoms with van der Waals surface area (Å²) in [5.41, 5.74) is 2.51. The quantitative estimate of drug-likeness (QED) is 0.599. The normalized spacial score (nSPS) is 12.8. The van der Waals surface area contributed by atoms with Crippen LogP contribution < -0.4 is 5.56 Å². The van der Waals surface area contributed by atoms with Crippen LogP contribution in [-0.2, 0) is 0 Å². The van der Waals surface area contributed by atoms with E-state index in [4.69, 9.17) is 4.98 Å². The number of imidazole rings is 1. The maximum atomic E-state index is 13.2. The lowest BCUT2D eigenvalue weighted by Crippen LogP contribution is -2.19. The Kier molecular flexibility index (Phi) is 4.14. The zero-order valence-electron chi connectivity index (χ0n) is 15.3. The van der Waals surface area contributed by atoms with Gasteiger partial charge >= 0.3 is 0 Å². The fraction of sp³-hybridized carbons (Fsp3) is 0.250. The maximum Gasteiger partial charge on any atom is 0.272 e. The Morgan fingerprint density at radius 2 is 1.89 bits per heavy atom. The summed E-state index contributed by atoms with van der Waals surface area (Å²) in [6.45, 7) is 6.15. The van der Waals surface area contributed by atoms with Crippen LogP contribution in [0.3, 0.4) is 0 Å². The van der Waals surface area contributed by atoms with Gasteiger partial charge in [-0.2, -0.15) is 0 Å². The van der Waals surface area contributed by atoms with Crippen LogP contribution in [0.15, 0.2) is 53.7 Å². The van der Waals surface area contributed by atoms with Gasteiger partial charge in [-0.3, -0.25) is 9.89 Å². The number of hydrogen-bond acceptors (Lipinski definition) is 3. The number of fused-ring (bicyclic) bond motifs is 1. The van der Waals surface area contributed by atoms with E-state index >= 15 is 0 Å². The smallest absolute Gasteiger partial charge is 0.272 e. The van der Waals surface area contributed by atoms with Crippen LogP contribution in [0.25, 0.3) is 16.8 Å². The summed E-state index contributed by atoms with van der Waals surface area (Å²) in [6, 6.07) is 7.53. The molecule has 0 aliphatic carbocycles. The van der Waals surface area contributed by atoms with Crippen molar-refractivity contribution in [2.24, 2.45) is 0 Å². The Balaban J connectivity index is 1.85. The van der Waals surface area contributed by atoms with Gasteiger partial charge in [0, 0.05) is 36.1 Å². The number of nitrogens with one attached hydrogen (secondary N) is 1. The van der Waals surface area contributed by atoms with E-state index in [0.29, 0.717) is 11.3 Å². The monoisotopic (exact) mass is 365 g/mol. The van der Waals surface area contributed by atoms with Crippen molar-refractivity contribution in [1.82, 2.24) is 24.1 Å². The molecule has 7 heteroatoms. The molecular weight excluding hydrogens is 345 g/mol. The Bertz CT molecular complexity index is 1150. The molecule has 6 nitrogen and oxygen atoms in total. The van der Waals surface area contributed by atoms with Crippen molar-refractivity contribution >= 4 is 5.65 Å². The van der Waals surface area contributed by atoms with Crippen molar-refractivity contribution in [1.29, 1.82) is 0 Å². The molecule has 0 fully saturated rings. The first-order valence-electron chi connectivity index (χ1n) is 8.85. The molecule has 138 valence electrons. The van der Waals surface area contributed by atoms with E-state index in [1.807, 2.05) is 17.7 Å². The van der Waals surface area contributed by atoms with Gasteiger partial charge in [-0.25, -0.2) is 18.9 Å². The van der Waals surface area contributed by atoms with E-state index in [2.05, 4.69) is 23.9 Å². The molecule has 4 rings (SSSR count). The lowest BCUT2D eigenvalue weighted by molar-refractivity contribution is 0.565. The number of halogens is 1. The summed E-state index contributed by atoms with van der Waals surface area (Å²) in [7, 11) is 0. The second-order valence-electron chi connectivity index (χ2n) is 6.90. The molecule has 0 unspecified atom stereocenters. The van der Waals surface area contributed by atoms with Crippen LogP contribution in [0.2, 0.25) is 0 Å². The predicted molar refractivity (Wildman–Crippen MR) is 101 cm³/mol. The summed E-state index contributed by atoms with van der Waals surface area (Å²) >= 11 is 0. The SMILES string of the molecule is CC(C)c1nccn1[C@H](C)c1cc(=O)n2[nH]cc(-c3ccc(F)cc3)c2n1. The van der Waals surface area contributed by atoms with Gasteiger partial charge in [-0.05, 0) is 24.6 Å². The van der Waals surface area contributed by atoms with Crippen molar-refractivity contribution in [2.75, 3.05) is 0 Å². The van der Waals surface area contributed by atoms with Crippen molar-refractivity contribution in [3.05, 3.63) is 76.6 Å². The van der Waals surface area contributed by atoms with E-state index in [1.165, 1.54) is 22.7 Å². The van der Waals surface area contributed by atoms with Crippen molar-refractivity contribution in [2.45, 2.75) is 32.7 Å². The molecule has 0 aliphatic heterocycles. The van der Waals surface area contributed by atoms with Crippen LogP contribution in [-0.4, -0.2) is 24.1 Å². The van der Waals surface area contributed by atoms with E-state index < -0.39 is 0 Å². The standard InChI is InChI=1S/C20H20FN5O/c1-12(2)19-22-8-9-25(19)13(3)17-10-18(27)26-20(24-17)16(11-23-26)14-4-6-15(21)7-5-14/h4-13,23H,1-3H3/t13-/m1/s1. The number of nitrogens with zero attached hydrogens (tertiary/aromatic N) is 4. The highest BCUT2D eigenvalue weighted by atomic mass is 19.1. The number of H-pyrrole nitrogens is 1. The largest absolute Gasteiger partial charge is 0.326 e. The number of rotatable bonds is 4. The number of aromatic nitrogens is 5. The second kappa shape index (κ2) is 6.50. The Morgan fingerprint density at radius 3 is 2.59 bits per heavy atom. The van der Waals surface area contributed by atoms with Crippen LogP contribution >= 0.6 is 0 Å². The van der Waals surface area contributed by atoms with E-state index in [1.54, 1.807) is 24.5 Å². The first-order valence-corrected chi connectivity index (χ1v) is 8.85. The molecule has 3 aromatic heterocycles. The first-order chi connectivity index (χ1) is 13.0. The third-order valence-corrected chi connectivity index (χ3v) is 4.73. The van der Waals surface area contributed by atoms with Crippen LogP contribution in [0.5, 0.6) is 0 Å². The molecule has 1 aromatic carbocycles. The number of benzene rings is 1. The van der Waals surface area contributed by atoms with Gasteiger partial charge in [-0.1, -0.05) is 26.0 Å². The van der Waals surface area contributed by atoms with Crippen molar-refractivity contribution < 1.29 is 4.39 Å². The molecule has 1 atom stereocenters. The average Bonchev–Trinajstić information content (AvgIpc) is 3.29. The summed E-state index contributed by atoms with van der Waals surface area (Å²) in [4.78, 5) is 21.8. The lowest BCUT2D eigenvalue weighted by Gasteiger charge is -2.17. The zero-order valence-corrected chi connectivity index (χ0v) is 15.3. The topological polar surface area (TPSA) is 68.0 Å². The summed E-state index contributed by atoms with van der Waals surface area (Å²) in [6.07, 6.45) is 5.38. The molecule has 0 amide bonds. The third kappa shape index (κ3) is 2.95. The van der Waals surface area contributed by atoms with Gasteiger partial charge in [0.25, 0.3) is 5.56 Å². The molecule has 0 spiro atoms. The molecule has 0 bridgehead atoms. The van der Waals surface area contributed by atoms with Gasteiger partial charge in [0.1, 0.15) is 11.6 Å². The summed E-state index contributed by atoms with van der Waals surface area (Å²) < 4.78 is 16.7. The molecule has 27 heavy (non-hydrogen) atoms. The minimum atomic E-state index is -0.306. The Morgan fingerprint density at radius 1 is 1.15 bits per heavy atom. The number of aromatic amines is 1. The summed E-state index contributed by atoms with van der Waals surface area (Å²) in [5.74, 6) is 0.894. The molecule has 0 saturated heterocycles. The fourth-order valence-electron chi connectivity index (χ4n) is 3.30.